The second-order valence-electron chi connectivity index (χ2n) is 7.55. The Kier molecular flexibility index (Phi) is 7.66. The summed E-state index contributed by atoms with van der Waals surface area (Å²) in [5, 5.41) is 0.288. The van der Waals surface area contributed by atoms with Crippen LogP contribution in [0.25, 0.3) is 0 Å². The van der Waals surface area contributed by atoms with E-state index in [4.69, 9.17) is 11.6 Å². The predicted molar refractivity (Wildman–Crippen MR) is 113 cm³/mol. The van der Waals surface area contributed by atoms with E-state index in [0.717, 1.165) is 52.0 Å². The summed E-state index contributed by atoms with van der Waals surface area (Å²) in [5.74, 6) is 0.565. The monoisotopic (exact) mass is 422 g/mol. The number of rotatable bonds is 6. The lowest BCUT2D eigenvalue weighted by atomic mass is 10.3. The van der Waals surface area contributed by atoms with Crippen molar-refractivity contribution in [1.82, 2.24) is 24.7 Å². The van der Waals surface area contributed by atoms with Gasteiger partial charge >= 0.3 is 0 Å². The normalized spacial score (nSPS) is 18.0. The summed E-state index contributed by atoms with van der Waals surface area (Å²) in [6, 6.07) is 0. The van der Waals surface area contributed by atoms with Crippen LogP contribution >= 0.6 is 11.6 Å². The standard InChI is InChI=1S/C20H31ClN6O2/c1-3-25(4-2)17(28)15-24-8-7-11-26(13-12-24)19(29)18-16(21)14-22-20(23-18)27-9-5-6-10-27/h14H,3-13,15H2,1-2H3. The van der Waals surface area contributed by atoms with Crippen molar-refractivity contribution in [2.24, 2.45) is 0 Å². The summed E-state index contributed by atoms with van der Waals surface area (Å²) in [6.07, 6.45) is 4.58. The Morgan fingerprint density at radius 3 is 2.45 bits per heavy atom. The van der Waals surface area contributed by atoms with Crippen LogP contribution in [0.1, 0.15) is 43.6 Å². The minimum absolute atomic E-state index is 0.142. The van der Waals surface area contributed by atoms with Crippen molar-refractivity contribution >= 4 is 29.4 Å². The van der Waals surface area contributed by atoms with E-state index in [1.165, 1.54) is 6.20 Å². The van der Waals surface area contributed by atoms with E-state index in [9.17, 15) is 9.59 Å². The molecule has 0 saturated carbocycles. The molecule has 2 aliphatic heterocycles. The van der Waals surface area contributed by atoms with Gasteiger partial charge in [-0.1, -0.05) is 11.6 Å². The van der Waals surface area contributed by atoms with Gasteiger partial charge in [-0.15, -0.1) is 0 Å². The van der Waals surface area contributed by atoms with Crippen molar-refractivity contribution in [3.63, 3.8) is 0 Å². The topological polar surface area (TPSA) is 72.9 Å². The molecule has 0 spiro atoms. The third kappa shape index (κ3) is 5.36. The molecule has 1 aromatic rings. The lowest BCUT2D eigenvalue weighted by Crippen LogP contribution is -2.42. The summed E-state index contributed by atoms with van der Waals surface area (Å²) in [6.45, 7) is 10.3. The van der Waals surface area contributed by atoms with Gasteiger partial charge in [-0.3, -0.25) is 14.5 Å². The van der Waals surface area contributed by atoms with Crippen LogP contribution in [-0.2, 0) is 4.79 Å². The molecule has 0 atom stereocenters. The first-order chi connectivity index (χ1) is 14.0. The number of amides is 2. The number of carbonyl (C=O) groups excluding carboxylic acids is 2. The molecule has 0 aliphatic carbocycles. The number of nitrogens with zero attached hydrogens (tertiary/aromatic N) is 6. The summed E-state index contributed by atoms with van der Waals surface area (Å²) in [4.78, 5) is 42.2. The van der Waals surface area contributed by atoms with Gasteiger partial charge in [0, 0.05) is 52.4 Å². The molecular formula is C20H31ClN6O2. The van der Waals surface area contributed by atoms with Crippen molar-refractivity contribution in [2.45, 2.75) is 33.1 Å². The van der Waals surface area contributed by atoms with Crippen LogP contribution in [0.5, 0.6) is 0 Å². The van der Waals surface area contributed by atoms with Crippen molar-refractivity contribution in [1.29, 1.82) is 0 Å². The van der Waals surface area contributed by atoms with E-state index in [2.05, 4.69) is 19.8 Å². The summed E-state index contributed by atoms with van der Waals surface area (Å²) >= 11 is 6.27. The minimum atomic E-state index is -0.158. The molecule has 9 heteroatoms. The fourth-order valence-corrected chi connectivity index (χ4v) is 4.10. The first kappa shape index (κ1) is 21.8. The molecule has 3 rings (SSSR count). The van der Waals surface area contributed by atoms with Crippen LogP contribution in [0.15, 0.2) is 6.20 Å². The van der Waals surface area contributed by atoms with Gasteiger partial charge in [-0.05, 0) is 33.1 Å². The first-order valence-electron chi connectivity index (χ1n) is 10.6. The highest BCUT2D eigenvalue weighted by molar-refractivity contribution is 6.33. The molecule has 8 nitrogen and oxygen atoms in total. The molecule has 160 valence electrons. The molecule has 2 saturated heterocycles. The maximum atomic E-state index is 13.1. The Balaban J connectivity index is 1.63. The average Bonchev–Trinajstić information content (AvgIpc) is 3.16. The van der Waals surface area contributed by atoms with Gasteiger partial charge in [0.1, 0.15) is 0 Å². The highest BCUT2D eigenvalue weighted by Crippen LogP contribution is 2.21. The summed E-state index contributed by atoms with van der Waals surface area (Å²) in [7, 11) is 0. The quantitative estimate of drug-likeness (QED) is 0.695. The van der Waals surface area contributed by atoms with Crippen LogP contribution in [0.3, 0.4) is 0 Å². The molecule has 3 heterocycles. The molecule has 0 bridgehead atoms. The molecule has 0 unspecified atom stereocenters. The highest BCUT2D eigenvalue weighted by Gasteiger charge is 2.26. The molecule has 0 radical (unpaired) electrons. The predicted octanol–water partition coefficient (Wildman–Crippen LogP) is 1.75. The minimum Gasteiger partial charge on any atom is -0.342 e. The third-order valence-electron chi connectivity index (χ3n) is 5.67. The van der Waals surface area contributed by atoms with E-state index < -0.39 is 0 Å². The van der Waals surface area contributed by atoms with Crippen LogP contribution in [0, 0.1) is 0 Å². The smallest absolute Gasteiger partial charge is 0.274 e. The molecule has 0 N–H and O–H groups in total. The SMILES string of the molecule is CCN(CC)C(=O)CN1CCCN(C(=O)c2nc(N3CCCC3)ncc2Cl)CC1. The number of aromatic nitrogens is 2. The number of carbonyl (C=O) groups is 2. The zero-order valence-corrected chi connectivity index (χ0v) is 18.2. The van der Waals surface area contributed by atoms with Gasteiger partial charge < -0.3 is 14.7 Å². The fourth-order valence-electron chi connectivity index (χ4n) is 3.93. The Bertz CT molecular complexity index is 721. The second-order valence-corrected chi connectivity index (χ2v) is 7.96. The zero-order chi connectivity index (χ0) is 20.8. The Labute approximate surface area is 177 Å². The average molecular weight is 423 g/mol. The molecule has 29 heavy (non-hydrogen) atoms. The van der Waals surface area contributed by atoms with Gasteiger partial charge in [0.2, 0.25) is 11.9 Å². The van der Waals surface area contributed by atoms with E-state index >= 15 is 0 Å². The van der Waals surface area contributed by atoms with Crippen LogP contribution in [-0.4, -0.2) is 95.4 Å². The number of halogens is 1. The maximum absolute atomic E-state index is 13.1. The van der Waals surface area contributed by atoms with Gasteiger partial charge in [-0.2, -0.15) is 0 Å². The fraction of sp³-hybridized carbons (Fsp3) is 0.700. The molecule has 2 fully saturated rings. The van der Waals surface area contributed by atoms with Crippen LogP contribution in [0.2, 0.25) is 5.02 Å². The lowest BCUT2D eigenvalue weighted by molar-refractivity contribution is -0.132. The van der Waals surface area contributed by atoms with E-state index in [1.807, 2.05) is 18.7 Å². The number of hydrogen-bond donors (Lipinski definition) is 0. The maximum Gasteiger partial charge on any atom is 0.274 e. The van der Waals surface area contributed by atoms with Crippen molar-refractivity contribution < 1.29 is 9.59 Å². The van der Waals surface area contributed by atoms with Crippen molar-refractivity contribution in [2.75, 3.05) is 63.8 Å². The molecule has 1 aromatic heterocycles. The third-order valence-corrected chi connectivity index (χ3v) is 5.95. The lowest BCUT2D eigenvalue weighted by Gasteiger charge is -2.25. The number of anilines is 1. The number of hydrogen-bond acceptors (Lipinski definition) is 6. The van der Waals surface area contributed by atoms with Gasteiger partial charge in [0.25, 0.3) is 5.91 Å². The van der Waals surface area contributed by atoms with E-state index in [1.54, 1.807) is 4.90 Å². The molecular weight excluding hydrogens is 392 g/mol. The van der Waals surface area contributed by atoms with Crippen molar-refractivity contribution in [3.05, 3.63) is 16.9 Å². The Morgan fingerprint density at radius 2 is 1.76 bits per heavy atom. The van der Waals surface area contributed by atoms with Crippen LogP contribution in [0.4, 0.5) is 5.95 Å². The zero-order valence-electron chi connectivity index (χ0n) is 17.4. The Hall–Kier alpha value is -1.93. The number of likely N-dealkylation sites (N-methyl/N-ethyl adjacent to an activating group) is 1. The summed E-state index contributed by atoms with van der Waals surface area (Å²) in [5.41, 5.74) is 0.274. The Morgan fingerprint density at radius 1 is 1.03 bits per heavy atom. The second kappa shape index (κ2) is 10.2. The molecule has 2 aliphatic rings. The highest BCUT2D eigenvalue weighted by atomic mass is 35.5. The van der Waals surface area contributed by atoms with Crippen molar-refractivity contribution in [3.8, 4) is 0 Å². The summed E-state index contributed by atoms with van der Waals surface area (Å²) < 4.78 is 0. The van der Waals surface area contributed by atoms with Crippen LogP contribution < -0.4 is 4.90 Å². The molecule has 0 aromatic carbocycles. The van der Waals surface area contributed by atoms with E-state index in [-0.39, 0.29) is 22.5 Å². The molecule has 2 amide bonds. The largest absolute Gasteiger partial charge is 0.342 e. The van der Waals surface area contributed by atoms with Gasteiger partial charge in [0.05, 0.1) is 17.8 Å². The van der Waals surface area contributed by atoms with Gasteiger partial charge in [-0.25, -0.2) is 9.97 Å². The van der Waals surface area contributed by atoms with E-state index in [0.29, 0.717) is 32.1 Å². The van der Waals surface area contributed by atoms with Gasteiger partial charge in [0.15, 0.2) is 5.69 Å². The first-order valence-corrected chi connectivity index (χ1v) is 11.0.